The van der Waals surface area contributed by atoms with Crippen molar-refractivity contribution in [2.75, 3.05) is 32.8 Å². The molecule has 1 unspecified atom stereocenters. The van der Waals surface area contributed by atoms with Crippen LogP contribution in [-0.2, 0) is 11.3 Å². The Morgan fingerprint density at radius 2 is 1.76 bits per heavy atom. The fourth-order valence-corrected chi connectivity index (χ4v) is 4.98. The Labute approximate surface area is 202 Å². The molecule has 1 aliphatic heterocycles. The SMILES string of the molecule is CC(Sc1nc2ccccc2c(=O)n1CCCN1CCOCC1)c1nnc(-c2ccccc2)o1. The molecule has 1 aliphatic rings. The second kappa shape index (κ2) is 10.5. The minimum absolute atomic E-state index is 0.0159. The lowest BCUT2D eigenvalue weighted by Gasteiger charge is -2.26. The van der Waals surface area contributed by atoms with Crippen molar-refractivity contribution in [2.45, 2.75) is 30.3 Å². The number of para-hydroxylation sites is 1. The lowest BCUT2D eigenvalue weighted by molar-refractivity contribution is 0.0368. The number of aromatic nitrogens is 4. The minimum atomic E-state index is -0.163. The predicted molar refractivity (Wildman–Crippen MR) is 132 cm³/mol. The van der Waals surface area contributed by atoms with Gasteiger partial charge in [0.15, 0.2) is 5.16 Å². The van der Waals surface area contributed by atoms with Gasteiger partial charge in [-0.25, -0.2) is 4.98 Å². The molecule has 5 rings (SSSR count). The molecule has 34 heavy (non-hydrogen) atoms. The zero-order valence-electron chi connectivity index (χ0n) is 19.1. The Morgan fingerprint density at radius 1 is 1.00 bits per heavy atom. The molecule has 1 atom stereocenters. The summed E-state index contributed by atoms with van der Waals surface area (Å²) in [6.45, 7) is 6.92. The number of hydrogen-bond donors (Lipinski definition) is 0. The summed E-state index contributed by atoms with van der Waals surface area (Å²) in [7, 11) is 0. The van der Waals surface area contributed by atoms with Gasteiger partial charge < -0.3 is 9.15 Å². The van der Waals surface area contributed by atoms with E-state index < -0.39 is 0 Å². The van der Waals surface area contributed by atoms with Crippen LogP contribution in [0.5, 0.6) is 0 Å². The third-order valence-electron chi connectivity index (χ3n) is 5.88. The number of thioether (sulfide) groups is 1. The van der Waals surface area contributed by atoms with Gasteiger partial charge in [0.2, 0.25) is 11.8 Å². The van der Waals surface area contributed by atoms with Crippen molar-refractivity contribution in [1.29, 1.82) is 0 Å². The molecule has 3 heterocycles. The van der Waals surface area contributed by atoms with Gasteiger partial charge in [-0.1, -0.05) is 42.1 Å². The third-order valence-corrected chi connectivity index (χ3v) is 6.96. The van der Waals surface area contributed by atoms with E-state index >= 15 is 0 Å². The lowest BCUT2D eigenvalue weighted by atomic mass is 10.2. The predicted octanol–water partition coefficient (Wildman–Crippen LogP) is 4.02. The van der Waals surface area contributed by atoms with Crippen LogP contribution < -0.4 is 5.56 Å². The second-order valence-corrected chi connectivity index (χ2v) is 9.56. The summed E-state index contributed by atoms with van der Waals surface area (Å²) in [5.74, 6) is 0.989. The van der Waals surface area contributed by atoms with Gasteiger partial charge in [0.25, 0.3) is 5.56 Å². The van der Waals surface area contributed by atoms with Crippen molar-refractivity contribution in [3.63, 3.8) is 0 Å². The quantitative estimate of drug-likeness (QED) is 0.278. The Morgan fingerprint density at radius 3 is 2.59 bits per heavy atom. The van der Waals surface area contributed by atoms with Crippen molar-refractivity contribution in [1.82, 2.24) is 24.6 Å². The highest BCUT2D eigenvalue weighted by atomic mass is 32.2. The van der Waals surface area contributed by atoms with Crippen molar-refractivity contribution < 1.29 is 9.15 Å². The first-order valence-electron chi connectivity index (χ1n) is 11.5. The minimum Gasteiger partial charge on any atom is -0.419 e. The van der Waals surface area contributed by atoms with Gasteiger partial charge >= 0.3 is 0 Å². The molecule has 4 aromatic rings. The third kappa shape index (κ3) is 5.06. The van der Waals surface area contributed by atoms with Crippen molar-refractivity contribution in [3.8, 4) is 11.5 Å². The maximum Gasteiger partial charge on any atom is 0.262 e. The molecule has 0 amide bonds. The molecule has 0 aliphatic carbocycles. The molecule has 9 heteroatoms. The van der Waals surface area contributed by atoms with Gasteiger partial charge in [0.1, 0.15) is 0 Å². The Balaban J connectivity index is 1.38. The topological polar surface area (TPSA) is 86.3 Å². The first kappa shape index (κ1) is 22.8. The smallest absolute Gasteiger partial charge is 0.262 e. The second-order valence-electron chi connectivity index (χ2n) is 8.25. The van der Waals surface area contributed by atoms with E-state index in [1.54, 1.807) is 4.57 Å². The van der Waals surface area contributed by atoms with Gasteiger partial charge in [-0.2, -0.15) is 0 Å². The Hall–Kier alpha value is -3.01. The fraction of sp³-hybridized carbons (Fsp3) is 0.360. The van der Waals surface area contributed by atoms with Crippen LogP contribution in [0.25, 0.3) is 22.4 Å². The highest BCUT2D eigenvalue weighted by molar-refractivity contribution is 7.99. The van der Waals surface area contributed by atoms with E-state index in [4.69, 9.17) is 14.1 Å². The lowest BCUT2D eigenvalue weighted by Crippen LogP contribution is -2.37. The highest BCUT2D eigenvalue weighted by Crippen LogP contribution is 2.34. The van der Waals surface area contributed by atoms with Crippen LogP contribution in [-0.4, -0.2) is 57.5 Å². The van der Waals surface area contributed by atoms with Crippen LogP contribution in [0.15, 0.2) is 69.0 Å². The number of rotatable bonds is 8. The van der Waals surface area contributed by atoms with E-state index in [1.165, 1.54) is 11.8 Å². The monoisotopic (exact) mass is 477 g/mol. The molecule has 2 aromatic carbocycles. The zero-order valence-corrected chi connectivity index (χ0v) is 19.9. The molecule has 176 valence electrons. The van der Waals surface area contributed by atoms with E-state index in [0.717, 1.165) is 44.8 Å². The number of hydrogen-bond acceptors (Lipinski definition) is 8. The Kier molecular flexibility index (Phi) is 7.03. The molecule has 0 radical (unpaired) electrons. The summed E-state index contributed by atoms with van der Waals surface area (Å²) < 4.78 is 13.2. The normalized spacial score (nSPS) is 15.6. The van der Waals surface area contributed by atoms with Crippen LogP contribution in [0.3, 0.4) is 0 Å². The van der Waals surface area contributed by atoms with E-state index in [0.29, 0.717) is 34.4 Å². The van der Waals surface area contributed by atoms with Crippen LogP contribution in [0.1, 0.15) is 24.5 Å². The van der Waals surface area contributed by atoms with Gasteiger partial charge in [0, 0.05) is 31.7 Å². The maximum absolute atomic E-state index is 13.4. The molecule has 0 spiro atoms. The molecule has 1 saturated heterocycles. The van der Waals surface area contributed by atoms with Crippen LogP contribution in [0.4, 0.5) is 0 Å². The molecular formula is C25H27N5O3S. The van der Waals surface area contributed by atoms with Crippen LogP contribution >= 0.6 is 11.8 Å². The van der Waals surface area contributed by atoms with Crippen LogP contribution in [0, 0.1) is 0 Å². The molecule has 2 aromatic heterocycles. The molecule has 0 N–H and O–H groups in total. The van der Waals surface area contributed by atoms with Gasteiger partial charge in [-0.3, -0.25) is 14.3 Å². The van der Waals surface area contributed by atoms with Crippen molar-refractivity contribution >= 4 is 22.7 Å². The standard InChI is InChI=1S/C25H27N5O3S/c1-18(22-27-28-23(33-22)19-8-3-2-4-9-19)34-25-26-21-11-6-5-10-20(21)24(31)30(25)13-7-12-29-14-16-32-17-15-29/h2-6,8-11,18H,7,12-17H2,1H3. The number of nitrogens with zero attached hydrogens (tertiary/aromatic N) is 5. The zero-order chi connectivity index (χ0) is 23.3. The summed E-state index contributed by atoms with van der Waals surface area (Å²) in [5.41, 5.74) is 1.56. The number of benzene rings is 2. The van der Waals surface area contributed by atoms with E-state index in [9.17, 15) is 4.79 Å². The molecule has 0 saturated carbocycles. The average molecular weight is 478 g/mol. The number of fused-ring (bicyclic) bond motifs is 1. The summed E-state index contributed by atoms with van der Waals surface area (Å²) in [4.78, 5) is 20.6. The molecular weight excluding hydrogens is 450 g/mol. The summed E-state index contributed by atoms with van der Waals surface area (Å²) in [6.07, 6.45) is 0.862. The van der Waals surface area contributed by atoms with Crippen molar-refractivity contribution in [2.24, 2.45) is 0 Å². The highest BCUT2D eigenvalue weighted by Gasteiger charge is 2.20. The Bertz CT molecular complexity index is 1300. The summed E-state index contributed by atoms with van der Waals surface area (Å²) >= 11 is 1.47. The van der Waals surface area contributed by atoms with Gasteiger partial charge in [-0.05, 0) is 37.6 Å². The molecule has 1 fully saturated rings. The molecule has 0 bridgehead atoms. The number of ether oxygens (including phenoxy) is 1. The van der Waals surface area contributed by atoms with E-state index in [-0.39, 0.29) is 10.8 Å². The van der Waals surface area contributed by atoms with Gasteiger partial charge in [-0.15, -0.1) is 10.2 Å². The fourth-order valence-electron chi connectivity index (χ4n) is 4.02. The summed E-state index contributed by atoms with van der Waals surface area (Å²) in [6, 6.07) is 17.2. The first-order chi connectivity index (χ1) is 16.7. The summed E-state index contributed by atoms with van der Waals surface area (Å²) in [5, 5.41) is 9.60. The molecule has 8 nitrogen and oxygen atoms in total. The first-order valence-corrected chi connectivity index (χ1v) is 12.4. The number of morpholine rings is 1. The van der Waals surface area contributed by atoms with Crippen molar-refractivity contribution in [3.05, 3.63) is 70.8 Å². The largest absolute Gasteiger partial charge is 0.419 e. The van der Waals surface area contributed by atoms with E-state index in [2.05, 4.69) is 15.1 Å². The van der Waals surface area contributed by atoms with Gasteiger partial charge in [0.05, 0.1) is 29.4 Å². The van der Waals surface area contributed by atoms with E-state index in [1.807, 2.05) is 61.5 Å². The van der Waals surface area contributed by atoms with Crippen LogP contribution in [0.2, 0.25) is 0 Å². The maximum atomic E-state index is 13.4. The average Bonchev–Trinajstić information content (AvgIpc) is 3.38.